The molecule has 0 radical (unpaired) electrons. The minimum Gasteiger partial charge on any atom is -0.495 e. The molecule has 1 aliphatic carbocycles. The van der Waals surface area contributed by atoms with Crippen molar-refractivity contribution in [1.29, 1.82) is 0 Å². The molecule has 0 unspecified atom stereocenters. The van der Waals surface area contributed by atoms with Crippen molar-refractivity contribution in [3.8, 4) is 5.75 Å². The number of aliphatic imine (C=N–C) groups is 1. The minimum atomic E-state index is 0.158. The van der Waals surface area contributed by atoms with Crippen molar-refractivity contribution < 1.29 is 4.74 Å². The molecule has 2 aliphatic rings. The van der Waals surface area contributed by atoms with E-state index in [9.17, 15) is 0 Å². The second-order valence-corrected chi connectivity index (χ2v) is 7.48. The first-order chi connectivity index (χ1) is 10.1. The molecule has 1 fully saturated rings. The first kappa shape index (κ1) is 15.0. The van der Waals surface area contributed by atoms with E-state index in [4.69, 9.17) is 21.3 Å². The molecule has 0 atom stereocenters. The van der Waals surface area contributed by atoms with Gasteiger partial charge >= 0.3 is 0 Å². The molecule has 3 rings (SSSR count). The van der Waals surface area contributed by atoms with E-state index in [1.807, 2.05) is 30.0 Å². The Labute approximate surface area is 135 Å². The Morgan fingerprint density at radius 3 is 2.86 bits per heavy atom. The van der Waals surface area contributed by atoms with E-state index in [0.29, 0.717) is 5.02 Å². The third kappa shape index (κ3) is 3.32. The molecular formula is C16H21ClN2OS. The third-order valence-corrected chi connectivity index (χ3v) is 5.81. The molecule has 21 heavy (non-hydrogen) atoms. The lowest BCUT2D eigenvalue weighted by Crippen LogP contribution is -2.32. The highest BCUT2D eigenvalue weighted by Gasteiger charge is 2.38. The van der Waals surface area contributed by atoms with Gasteiger partial charge in [0.15, 0.2) is 5.17 Å². The molecule has 114 valence electrons. The van der Waals surface area contributed by atoms with Gasteiger partial charge in [-0.15, -0.1) is 0 Å². The summed E-state index contributed by atoms with van der Waals surface area (Å²) in [6, 6.07) is 5.60. The monoisotopic (exact) mass is 324 g/mol. The fourth-order valence-electron chi connectivity index (χ4n) is 3.00. The lowest BCUT2D eigenvalue weighted by molar-refractivity contribution is 0.273. The quantitative estimate of drug-likeness (QED) is 0.847. The summed E-state index contributed by atoms with van der Waals surface area (Å²) in [5.41, 5.74) is 1.04. The van der Waals surface area contributed by atoms with Gasteiger partial charge in [0.1, 0.15) is 5.75 Å². The molecule has 0 saturated heterocycles. The fraction of sp³-hybridized carbons (Fsp3) is 0.562. The van der Waals surface area contributed by atoms with Gasteiger partial charge < -0.3 is 10.1 Å². The highest BCUT2D eigenvalue weighted by atomic mass is 35.5. The predicted octanol–water partition coefficient (Wildman–Crippen LogP) is 4.81. The van der Waals surface area contributed by atoms with Crippen LogP contribution in [-0.4, -0.2) is 23.6 Å². The zero-order valence-electron chi connectivity index (χ0n) is 12.5. The molecule has 5 heteroatoms. The van der Waals surface area contributed by atoms with E-state index in [1.165, 1.54) is 25.7 Å². The molecule has 3 nitrogen and oxygen atoms in total. The largest absolute Gasteiger partial charge is 0.495 e. The van der Waals surface area contributed by atoms with Gasteiger partial charge in [-0.1, -0.05) is 30.3 Å². The Kier molecular flexibility index (Phi) is 4.36. The molecule has 1 aromatic rings. The van der Waals surface area contributed by atoms with E-state index in [0.717, 1.165) is 28.3 Å². The number of hydrogen-bond acceptors (Lipinski definition) is 4. The normalized spacial score (nSPS) is 28.5. The van der Waals surface area contributed by atoms with Crippen molar-refractivity contribution >= 4 is 34.2 Å². The van der Waals surface area contributed by atoms with E-state index in [2.05, 4.69) is 12.2 Å². The summed E-state index contributed by atoms with van der Waals surface area (Å²) in [6.45, 7) is 2.34. The van der Waals surface area contributed by atoms with E-state index in [1.54, 1.807) is 7.11 Å². The van der Waals surface area contributed by atoms with Crippen LogP contribution in [-0.2, 0) is 0 Å². The van der Waals surface area contributed by atoms with Crippen LogP contribution in [0.4, 0.5) is 5.69 Å². The summed E-state index contributed by atoms with van der Waals surface area (Å²) in [5, 5.41) is 5.08. The molecule has 1 heterocycles. The summed E-state index contributed by atoms with van der Waals surface area (Å²) in [4.78, 5) is 4.98. The second-order valence-electron chi connectivity index (χ2n) is 6.08. The topological polar surface area (TPSA) is 33.6 Å². The zero-order valence-corrected chi connectivity index (χ0v) is 14.1. The number of halogens is 1. The molecule has 1 spiro atoms. The number of nitrogens with zero attached hydrogens (tertiary/aromatic N) is 1. The van der Waals surface area contributed by atoms with Crippen LogP contribution in [0.2, 0.25) is 5.02 Å². The Bertz CT molecular complexity index is 553. The summed E-state index contributed by atoms with van der Waals surface area (Å²) < 4.78 is 5.38. The third-order valence-electron chi connectivity index (χ3n) is 4.42. The van der Waals surface area contributed by atoms with Crippen molar-refractivity contribution in [3.05, 3.63) is 23.2 Å². The Morgan fingerprint density at radius 2 is 2.14 bits per heavy atom. The van der Waals surface area contributed by atoms with Crippen LogP contribution in [0.15, 0.2) is 23.2 Å². The smallest absolute Gasteiger partial charge is 0.161 e. The SMILES string of the molecule is COc1ccc(Cl)cc1NC1=NC2(CCC(C)CC2)CS1. The number of nitrogens with one attached hydrogen (secondary N) is 1. The van der Waals surface area contributed by atoms with Gasteiger partial charge in [0.25, 0.3) is 0 Å². The number of thioether (sulfide) groups is 1. The van der Waals surface area contributed by atoms with Crippen LogP contribution in [0, 0.1) is 5.92 Å². The van der Waals surface area contributed by atoms with Gasteiger partial charge in [0, 0.05) is 10.8 Å². The maximum atomic E-state index is 6.08. The number of hydrogen-bond donors (Lipinski definition) is 1. The number of methoxy groups -OCH3 is 1. The Balaban J connectivity index is 1.75. The van der Waals surface area contributed by atoms with E-state index >= 15 is 0 Å². The summed E-state index contributed by atoms with van der Waals surface area (Å²) in [7, 11) is 1.67. The van der Waals surface area contributed by atoms with Crippen molar-refractivity contribution in [2.45, 2.75) is 38.1 Å². The van der Waals surface area contributed by atoms with Crippen LogP contribution >= 0.6 is 23.4 Å². The number of anilines is 1. The second kappa shape index (κ2) is 6.09. The van der Waals surface area contributed by atoms with Crippen molar-refractivity contribution in [3.63, 3.8) is 0 Å². The van der Waals surface area contributed by atoms with E-state index in [-0.39, 0.29) is 5.54 Å². The average molecular weight is 325 g/mol. The molecule has 0 amide bonds. The lowest BCUT2D eigenvalue weighted by atomic mass is 9.79. The molecule has 1 saturated carbocycles. The molecule has 1 N–H and O–H groups in total. The van der Waals surface area contributed by atoms with Crippen LogP contribution in [0.3, 0.4) is 0 Å². The van der Waals surface area contributed by atoms with Crippen LogP contribution < -0.4 is 10.1 Å². The Morgan fingerprint density at radius 1 is 1.38 bits per heavy atom. The van der Waals surface area contributed by atoms with E-state index < -0.39 is 0 Å². The number of benzene rings is 1. The maximum Gasteiger partial charge on any atom is 0.161 e. The van der Waals surface area contributed by atoms with Crippen LogP contribution in [0.1, 0.15) is 32.6 Å². The van der Waals surface area contributed by atoms with Gasteiger partial charge in [0.2, 0.25) is 0 Å². The van der Waals surface area contributed by atoms with Gasteiger partial charge in [-0.25, -0.2) is 0 Å². The lowest BCUT2D eigenvalue weighted by Gasteiger charge is -2.32. The first-order valence-electron chi connectivity index (χ1n) is 7.43. The van der Waals surface area contributed by atoms with Gasteiger partial charge in [-0.3, -0.25) is 4.99 Å². The molecule has 0 aromatic heterocycles. The van der Waals surface area contributed by atoms with Crippen molar-refractivity contribution in [2.24, 2.45) is 10.9 Å². The number of ether oxygens (including phenoxy) is 1. The summed E-state index contributed by atoms with van der Waals surface area (Å²) in [6.07, 6.45) is 4.99. The molecule has 1 aliphatic heterocycles. The fourth-order valence-corrected chi connectivity index (χ4v) is 4.37. The standard InChI is InChI=1S/C16H21ClN2OS/c1-11-5-7-16(8-6-11)10-21-15(19-16)18-13-9-12(17)3-4-14(13)20-2/h3-4,9,11H,5-8,10H2,1-2H3,(H,18,19). The highest BCUT2D eigenvalue weighted by molar-refractivity contribution is 8.14. The number of amidine groups is 1. The van der Waals surface area contributed by atoms with Crippen molar-refractivity contribution in [1.82, 2.24) is 0 Å². The number of rotatable bonds is 2. The van der Waals surface area contributed by atoms with Gasteiger partial charge in [-0.05, 0) is 49.8 Å². The highest BCUT2D eigenvalue weighted by Crippen LogP contribution is 2.42. The van der Waals surface area contributed by atoms with Crippen LogP contribution in [0.5, 0.6) is 5.75 Å². The molecular weight excluding hydrogens is 304 g/mol. The Hall–Kier alpha value is -0.870. The average Bonchev–Trinajstić information content (AvgIpc) is 2.86. The molecule has 0 bridgehead atoms. The summed E-state index contributed by atoms with van der Waals surface area (Å²) >= 11 is 7.88. The minimum absolute atomic E-state index is 0.158. The van der Waals surface area contributed by atoms with Crippen molar-refractivity contribution in [2.75, 3.05) is 18.2 Å². The van der Waals surface area contributed by atoms with Gasteiger partial charge in [0.05, 0.1) is 18.3 Å². The summed E-state index contributed by atoms with van der Waals surface area (Å²) in [5.74, 6) is 2.73. The molecule has 1 aromatic carbocycles. The first-order valence-corrected chi connectivity index (χ1v) is 8.80. The van der Waals surface area contributed by atoms with Gasteiger partial charge in [-0.2, -0.15) is 0 Å². The van der Waals surface area contributed by atoms with Crippen LogP contribution in [0.25, 0.3) is 0 Å². The zero-order chi connectivity index (χ0) is 14.9. The predicted molar refractivity (Wildman–Crippen MR) is 91.9 cm³/mol. The maximum absolute atomic E-state index is 6.08.